The smallest absolute Gasteiger partial charge is 0.271 e. The van der Waals surface area contributed by atoms with Gasteiger partial charge in [-0.15, -0.1) is 5.10 Å². The second-order valence-corrected chi connectivity index (χ2v) is 4.76. The lowest BCUT2D eigenvalue weighted by Gasteiger charge is -2.13. The van der Waals surface area contributed by atoms with Crippen molar-refractivity contribution in [2.45, 2.75) is 26.4 Å². The van der Waals surface area contributed by atoms with E-state index < -0.39 is 4.92 Å². The third-order valence-corrected chi connectivity index (χ3v) is 3.08. The first-order valence-corrected chi connectivity index (χ1v) is 6.37. The van der Waals surface area contributed by atoms with Crippen LogP contribution in [0.4, 0.5) is 5.69 Å². The monoisotopic (exact) mass is 292 g/mol. The van der Waals surface area contributed by atoms with Crippen LogP contribution in [0.3, 0.4) is 0 Å². The van der Waals surface area contributed by atoms with Gasteiger partial charge in [0.2, 0.25) is 0 Å². The molecule has 0 aliphatic rings. The van der Waals surface area contributed by atoms with Gasteiger partial charge in [-0.05, 0) is 12.0 Å². The Hall–Kier alpha value is -2.48. The van der Waals surface area contributed by atoms with E-state index in [1.165, 1.54) is 30.0 Å². The van der Waals surface area contributed by atoms with Gasteiger partial charge in [0.05, 0.1) is 24.3 Å². The summed E-state index contributed by atoms with van der Waals surface area (Å²) < 4.78 is 6.71. The highest BCUT2D eigenvalue weighted by Crippen LogP contribution is 2.30. The first-order chi connectivity index (χ1) is 9.99. The Labute approximate surface area is 121 Å². The number of aliphatic hydroxyl groups excluding tert-OH is 1. The number of hydrogen-bond donors (Lipinski definition) is 1. The van der Waals surface area contributed by atoms with E-state index in [1.807, 2.05) is 13.8 Å². The van der Waals surface area contributed by atoms with Crippen LogP contribution in [0.15, 0.2) is 18.2 Å². The van der Waals surface area contributed by atoms with E-state index in [0.29, 0.717) is 22.8 Å². The molecule has 2 aromatic rings. The summed E-state index contributed by atoms with van der Waals surface area (Å²) in [5.74, 6) is 0.475. The van der Waals surface area contributed by atoms with Crippen LogP contribution >= 0.6 is 0 Å². The highest BCUT2D eigenvalue weighted by molar-refractivity contribution is 5.54. The molecule has 0 bridgehead atoms. The Morgan fingerprint density at radius 3 is 2.71 bits per heavy atom. The first-order valence-electron chi connectivity index (χ1n) is 6.37. The molecule has 0 unspecified atom stereocenters. The van der Waals surface area contributed by atoms with Crippen molar-refractivity contribution < 1.29 is 14.8 Å². The van der Waals surface area contributed by atoms with Gasteiger partial charge in [-0.25, -0.2) is 4.68 Å². The Bertz CT molecular complexity index is 666. The van der Waals surface area contributed by atoms with Gasteiger partial charge in [0.15, 0.2) is 0 Å². The highest BCUT2D eigenvalue weighted by atomic mass is 16.6. The average molecular weight is 292 g/mol. The van der Waals surface area contributed by atoms with Gasteiger partial charge in [-0.2, -0.15) is 0 Å². The molecule has 0 aliphatic carbocycles. The van der Waals surface area contributed by atoms with Crippen molar-refractivity contribution in [3.63, 3.8) is 0 Å². The molecular formula is C13H16N4O4. The Morgan fingerprint density at radius 2 is 2.19 bits per heavy atom. The second kappa shape index (κ2) is 5.88. The van der Waals surface area contributed by atoms with Crippen molar-refractivity contribution in [2.75, 3.05) is 7.11 Å². The molecule has 0 saturated heterocycles. The van der Waals surface area contributed by atoms with Crippen molar-refractivity contribution in [3.05, 3.63) is 39.7 Å². The van der Waals surface area contributed by atoms with Gasteiger partial charge in [-0.3, -0.25) is 10.1 Å². The fourth-order valence-corrected chi connectivity index (χ4v) is 2.15. The summed E-state index contributed by atoms with van der Waals surface area (Å²) in [7, 11) is 1.48. The van der Waals surface area contributed by atoms with E-state index in [4.69, 9.17) is 4.74 Å². The number of aliphatic hydroxyl groups is 1. The van der Waals surface area contributed by atoms with Crippen LogP contribution in [0.2, 0.25) is 0 Å². The Balaban J connectivity index is 2.68. The molecule has 1 aromatic heterocycles. The molecule has 0 spiro atoms. The summed E-state index contributed by atoms with van der Waals surface area (Å²) in [6, 6.07) is 4.25. The maximum absolute atomic E-state index is 10.9. The summed E-state index contributed by atoms with van der Waals surface area (Å²) in [5, 5.41) is 28.2. The molecule has 1 N–H and O–H groups in total. The molecule has 8 heteroatoms. The van der Waals surface area contributed by atoms with Crippen LogP contribution in [0.1, 0.15) is 31.2 Å². The molecule has 0 amide bonds. The predicted molar refractivity (Wildman–Crippen MR) is 74.6 cm³/mol. The van der Waals surface area contributed by atoms with E-state index in [2.05, 4.69) is 10.3 Å². The van der Waals surface area contributed by atoms with Crippen molar-refractivity contribution in [1.82, 2.24) is 15.0 Å². The van der Waals surface area contributed by atoms with E-state index >= 15 is 0 Å². The Morgan fingerprint density at radius 1 is 1.48 bits per heavy atom. The molecule has 112 valence electrons. The fourth-order valence-electron chi connectivity index (χ4n) is 2.15. The zero-order chi connectivity index (χ0) is 15.6. The van der Waals surface area contributed by atoms with Crippen LogP contribution < -0.4 is 4.74 Å². The molecule has 1 aromatic carbocycles. The number of aromatic nitrogens is 3. The number of nitro groups is 1. The molecule has 0 aliphatic heterocycles. The van der Waals surface area contributed by atoms with Gasteiger partial charge in [0.25, 0.3) is 5.69 Å². The van der Waals surface area contributed by atoms with Crippen LogP contribution in [0.5, 0.6) is 5.75 Å². The largest absolute Gasteiger partial charge is 0.494 e. The topological polar surface area (TPSA) is 103 Å². The quantitative estimate of drug-likeness (QED) is 0.665. The van der Waals surface area contributed by atoms with Gasteiger partial charge < -0.3 is 9.84 Å². The maximum atomic E-state index is 10.9. The van der Waals surface area contributed by atoms with E-state index in [0.717, 1.165) is 0 Å². The Kier molecular flexibility index (Phi) is 4.18. The first kappa shape index (κ1) is 14.9. The standard InChI is InChI=1S/C13H16N4O4/c1-8(2)13-10(7-18)14-15-16(13)11-6-9(17(19)20)4-5-12(11)21-3/h4-6,8,18H,7H2,1-3H3. The number of rotatable bonds is 5. The van der Waals surface area contributed by atoms with Gasteiger partial charge in [0, 0.05) is 12.1 Å². The summed E-state index contributed by atoms with van der Waals surface area (Å²) in [6.45, 7) is 3.61. The normalized spacial score (nSPS) is 10.9. The molecule has 0 radical (unpaired) electrons. The van der Waals surface area contributed by atoms with Crippen LogP contribution in [-0.4, -0.2) is 32.1 Å². The SMILES string of the molecule is COc1ccc([N+](=O)[O-])cc1-n1nnc(CO)c1C(C)C. The highest BCUT2D eigenvalue weighted by Gasteiger charge is 2.21. The molecule has 21 heavy (non-hydrogen) atoms. The van der Waals surface area contributed by atoms with Crippen molar-refractivity contribution >= 4 is 5.69 Å². The van der Waals surface area contributed by atoms with Crippen LogP contribution in [0, 0.1) is 10.1 Å². The zero-order valence-electron chi connectivity index (χ0n) is 12.0. The summed E-state index contributed by atoms with van der Waals surface area (Å²) in [4.78, 5) is 10.5. The van der Waals surface area contributed by atoms with E-state index in [-0.39, 0.29) is 18.2 Å². The number of non-ortho nitro benzene ring substituents is 1. The summed E-state index contributed by atoms with van der Waals surface area (Å²) in [6.07, 6.45) is 0. The minimum absolute atomic E-state index is 0.0334. The molecule has 0 saturated carbocycles. The molecule has 2 rings (SSSR count). The van der Waals surface area contributed by atoms with Crippen molar-refractivity contribution in [2.24, 2.45) is 0 Å². The molecular weight excluding hydrogens is 276 g/mol. The van der Waals surface area contributed by atoms with Crippen LogP contribution in [-0.2, 0) is 6.61 Å². The lowest BCUT2D eigenvalue weighted by Crippen LogP contribution is -2.07. The number of ether oxygens (including phenoxy) is 1. The predicted octanol–water partition coefficient (Wildman–Crippen LogP) is 1.80. The van der Waals surface area contributed by atoms with E-state index in [9.17, 15) is 15.2 Å². The van der Waals surface area contributed by atoms with Crippen LogP contribution in [0.25, 0.3) is 5.69 Å². The number of methoxy groups -OCH3 is 1. The zero-order valence-corrected chi connectivity index (χ0v) is 12.0. The third-order valence-electron chi connectivity index (χ3n) is 3.08. The maximum Gasteiger partial charge on any atom is 0.271 e. The van der Waals surface area contributed by atoms with Crippen molar-refractivity contribution in [3.8, 4) is 11.4 Å². The fraction of sp³-hybridized carbons (Fsp3) is 0.385. The number of nitrogens with zero attached hydrogens (tertiary/aromatic N) is 4. The summed E-state index contributed by atoms with van der Waals surface area (Å²) >= 11 is 0. The lowest BCUT2D eigenvalue weighted by atomic mass is 10.1. The third kappa shape index (κ3) is 2.70. The molecule has 0 atom stereocenters. The van der Waals surface area contributed by atoms with Gasteiger partial charge in [-0.1, -0.05) is 19.1 Å². The van der Waals surface area contributed by atoms with E-state index in [1.54, 1.807) is 0 Å². The molecule has 8 nitrogen and oxygen atoms in total. The molecule has 1 heterocycles. The van der Waals surface area contributed by atoms with Crippen molar-refractivity contribution in [1.29, 1.82) is 0 Å². The number of nitro benzene ring substituents is 1. The molecule has 0 fully saturated rings. The summed E-state index contributed by atoms with van der Waals surface area (Å²) in [5.41, 5.74) is 1.49. The average Bonchev–Trinajstić information content (AvgIpc) is 2.90. The van der Waals surface area contributed by atoms with Gasteiger partial charge in [0.1, 0.15) is 17.1 Å². The number of benzene rings is 1. The van der Waals surface area contributed by atoms with Gasteiger partial charge >= 0.3 is 0 Å². The second-order valence-electron chi connectivity index (χ2n) is 4.76. The number of hydrogen-bond acceptors (Lipinski definition) is 6. The lowest BCUT2D eigenvalue weighted by molar-refractivity contribution is -0.384. The minimum atomic E-state index is -0.484. The minimum Gasteiger partial charge on any atom is -0.494 e.